The molecule has 0 aliphatic carbocycles. The molecule has 0 amide bonds. The number of nitro benzene ring substituents is 1. The highest BCUT2D eigenvalue weighted by atomic mass is 16.6. The molecule has 0 atom stereocenters. The van der Waals surface area contributed by atoms with Crippen LogP contribution < -0.4 is 0 Å². The maximum atomic E-state index is 10.8. The molecule has 2 aromatic rings. The molecule has 86 valence electrons. The number of oxazole rings is 1. The van der Waals surface area contributed by atoms with Gasteiger partial charge in [-0.25, -0.2) is 9.78 Å². The minimum Gasteiger partial charge on any atom is -0.478 e. The van der Waals surface area contributed by atoms with E-state index in [1.54, 1.807) is 0 Å². The summed E-state index contributed by atoms with van der Waals surface area (Å²) in [4.78, 5) is 24.5. The molecule has 17 heavy (non-hydrogen) atoms. The average Bonchev–Trinajstić information content (AvgIpc) is 2.81. The van der Waals surface area contributed by atoms with Crippen molar-refractivity contribution < 1.29 is 19.2 Å². The van der Waals surface area contributed by atoms with Gasteiger partial charge in [-0.2, -0.15) is 0 Å². The lowest BCUT2D eigenvalue weighted by atomic mass is 10.1. The van der Waals surface area contributed by atoms with E-state index in [4.69, 9.17) is 9.52 Å². The van der Waals surface area contributed by atoms with Gasteiger partial charge in [-0.05, 0) is 12.1 Å². The van der Waals surface area contributed by atoms with Gasteiger partial charge >= 0.3 is 5.97 Å². The summed E-state index contributed by atoms with van der Waals surface area (Å²) in [5.74, 6) is -1.01. The number of benzene rings is 1. The summed E-state index contributed by atoms with van der Waals surface area (Å²) in [7, 11) is 0. The monoisotopic (exact) mass is 234 g/mol. The van der Waals surface area contributed by atoms with E-state index in [0.29, 0.717) is 0 Å². The van der Waals surface area contributed by atoms with Gasteiger partial charge in [-0.15, -0.1) is 0 Å². The fraction of sp³-hybridized carbons (Fsp3) is 0. The average molecular weight is 234 g/mol. The summed E-state index contributed by atoms with van der Waals surface area (Å²) in [6.45, 7) is 0. The lowest BCUT2D eigenvalue weighted by molar-refractivity contribution is -0.384. The van der Waals surface area contributed by atoms with Crippen LogP contribution in [0.25, 0.3) is 11.3 Å². The zero-order valence-electron chi connectivity index (χ0n) is 8.36. The molecule has 0 saturated heterocycles. The lowest BCUT2D eigenvalue weighted by Gasteiger charge is -2.00. The first kappa shape index (κ1) is 10.8. The van der Waals surface area contributed by atoms with Crippen molar-refractivity contribution in [3.8, 4) is 11.3 Å². The molecule has 1 heterocycles. The summed E-state index contributed by atoms with van der Waals surface area (Å²) >= 11 is 0. The van der Waals surface area contributed by atoms with Crippen LogP contribution >= 0.6 is 0 Å². The van der Waals surface area contributed by atoms with E-state index < -0.39 is 10.9 Å². The molecule has 7 nitrogen and oxygen atoms in total. The zero-order valence-corrected chi connectivity index (χ0v) is 8.36. The van der Waals surface area contributed by atoms with E-state index in [0.717, 1.165) is 12.5 Å². The highest BCUT2D eigenvalue weighted by Gasteiger charge is 2.20. The number of nitrogens with zero attached hydrogens (tertiary/aromatic N) is 2. The number of hydrogen-bond donors (Lipinski definition) is 1. The summed E-state index contributed by atoms with van der Waals surface area (Å²) in [6, 6.07) is 3.58. The third-order valence-electron chi connectivity index (χ3n) is 2.14. The lowest BCUT2D eigenvalue weighted by Crippen LogP contribution is -1.99. The van der Waals surface area contributed by atoms with Crippen LogP contribution in [0.5, 0.6) is 0 Å². The quantitative estimate of drug-likeness (QED) is 0.642. The number of aromatic carboxylic acids is 1. The molecule has 0 unspecified atom stereocenters. The Kier molecular flexibility index (Phi) is 2.57. The van der Waals surface area contributed by atoms with Gasteiger partial charge in [-0.3, -0.25) is 10.1 Å². The smallest absolute Gasteiger partial charge is 0.335 e. The standard InChI is InChI=1S/C10H6N2O5/c13-10(14)6-1-2-7(8(3-6)12(15)16)9-4-11-5-17-9/h1-5H,(H,13,14). The second-order valence-corrected chi connectivity index (χ2v) is 3.16. The molecule has 0 aliphatic heterocycles. The van der Waals surface area contributed by atoms with Crippen molar-refractivity contribution in [2.75, 3.05) is 0 Å². The van der Waals surface area contributed by atoms with Crippen LogP contribution in [0, 0.1) is 10.1 Å². The molecule has 0 bridgehead atoms. The van der Waals surface area contributed by atoms with Crippen LogP contribution in [0.4, 0.5) is 5.69 Å². The van der Waals surface area contributed by atoms with Crippen molar-refractivity contribution >= 4 is 11.7 Å². The Bertz CT molecular complexity index is 576. The first-order chi connectivity index (χ1) is 8.09. The number of nitro groups is 1. The highest BCUT2D eigenvalue weighted by molar-refractivity contribution is 5.90. The molecule has 7 heteroatoms. The van der Waals surface area contributed by atoms with Crippen LogP contribution in [0.3, 0.4) is 0 Å². The van der Waals surface area contributed by atoms with Crippen molar-refractivity contribution in [2.24, 2.45) is 0 Å². The third-order valence-corrected chi connectivity index (χ3v) is 2.14. The predicted molar refractivity (Wildman–Crippen MR) is 55.6 cm³/mol. The summed E-state index contributed by atoms with van der Waals surface area (Å²) in [5, 5.41) is 19.6. The van der Waals surface area contributed by atoms with E-state index >= 15 is 0 Å². The molecular weight excluding hydrogens is 228 g/mol. The number of carboxylic acid groups (broad SMARTS) is 1. The Morgan fingerprint density at radius 1 is 1.47 bits per heavy atom. The largest absolute Gasteiger partial charge is 0.478 e. The molecule has 1 N–H and O–H groups in total. The van der Waals surface area contributed by atoms with Crippen molar-refractivity contribution in [3.05, 3.63) is 46.5 Å². The van der Waals surface area contributed by atoms with E-state index in [-0.39, 0.29) is 22.6 Å². The Morgan fingerprint density at radius 2 is 2.24 bits per heavy atom. The molecule has 1 aromatic heterocycles. The summed E-state index contributed by atoms with van der Waals surface area (Å²) in [5.41, 5.74) is -0.292. The van der Waals surface area contributed by atoms with Crippen molar-refractivity contribution in [3.63, 3.8) is 0 Å². The number of hydrogen-bond acceptors (Lipinski definition) is 5. The Hall–Kier alpha value is -2.70. The maximum absolute atomic E-state index is 10.8. The molecule has 0 saturated carbocycles. The van der Waals surface area contributed by atoms with Crippen LogP contribution in [-0.4, -0.2) is 21.0 Å². The molecule has 1 aromatic carbocycles. The van der Waals surface area contributed by atoms with Gasteiger partial charge in [0.25, 0.3) is 5.69 Å². The van der Waals surface area contributed by atoms with E-state index in [9.17, 15) is 14.9 Å². The van der Waals surface area contributed by atoms with Gasteiger partial charge in [0.15, 0.2) is 12.2 Å². The zero-order chi connectivity index (χ0) is 12.4. The number of carboxylic acids is 1. The third kappa shape index (κ3) is 1.98. The number of aromatic nitrogens is 1. The van der Waals surface area contributed by atoms with E-state index in [1.165, 1.54) is 18.3 Å². The Balaban J connectivity index is 2.61. The van der Waals surface area contributed by atoms with Crippen LogP contribution in [0.15, 0.2) is 35.2 Å². The van der Waals surface area contributed by atoms with Gasteiger partial charge in [0, 0.05) is 6.07 Å². The van der Waals surface area contributed by atoms with Crippen LogP contribution in [0.1, 0.15) is 10.4 Å². The predicted octanol–water partition coefficient (Wildman–Crippen LogP) is 1.95. The van der Waals surface area contributed by atoms with Gasteiger partial charge in [-0.1, -0.05) is 0 Å². The number of rotatable bonds is 3. The number of carbonyl (C=O) groups is 1. The molecule has 0 spiro atoms. The van der Waals surface area contributed by atoms with Crippen LogP contribution in [-0.2, 0) is 0 Å². The van der Waals surface area contributed by atoms with Gasteiger partial charge in [0.05, 0.1) is 22.2 Å². The topological polar surface area (TPSA) is 106 Å². The van der Waals surface area contributed by atoms with Gasteiger partial charge < -0.3 is 9.52 Å². The first-order valence-electron chi connectivity index (χ1n) is 4.50. The van der Waals surface area contributed by atoms with Crippen LogP contribution in [0.2, 0.25) is 0 Å². The van der Waals surface area contributed by atoms with E-state index in [2.05, 4.69) is 4.98 Å². The van der Waals surface area contributed by atoms with Crippen molar-refractivity contribution in [1.29, 1.82) is 0 Å². The highest BCUT2D eigenvalue weighted by Crippen LogP contribution is 2.30. The van der Waals surface area contributed by atoms with E-state index in [1.807, 2.05) is 0 Å². The SMILES string of the molecule is O=C(O)c1ccc(-c2cnco2)c([N+](=O)[O-])c1. The minimum atomic E-state index is -1.22. The minimum absolute atomic E-state index is 0.153. The maximum Gasteiger partial charge on any atom is 0.335 e. The Labute approximate surface area is 94.5 Å². The van der Waals surface area contributed by atoms with Crippen molar-refractivity contribution in [1.82, 2.24) is 4.98 Å². The summed E-state index contributed by atoms with van der Waals surface area (Å²) in [6.07, 6.45) is 2.47. The molecule has 0 radical (unpaired) electrons. The molecule has 2 rings (SSSR count). The Morgan fingerprint density at radius 3 is 2.76 bits per heavy atom. The van der Waals surface area contributed by atoms with Gasteiger partial charge in [0.2, 0.25) is 0 Å². The van der Waals surface area contributed by atoms with Gasteiger partial charge in [0.1, 0.15) is 0 Å². The summed E-state index contributed by atoms with van der Waals surface area (Å²) < 4.78 is 4.95. The fourth-order valence-electron chi connectivity index (χ4n) is 1.37. The van der Waals surface area contributed by atoms with Crippen molar-refractivity contribution in [2.45, 2.75) is 0 Å². The normalized spacial score (nSPS) is 10.1. The molecule has 0 aliphatic rings. The fourth-order valence-corrected chi connectivity index (χ4v) is 1.37. The first-order valence-corrected chi connectivity index (χ1v) is 4.50. The second-order valence-electron chi connectivity index (χ2n) is 3.16. The second kappa shape index (κ2) is 4.05. The molecular formula is C10H6N2O5. The molecule has 0 fully saturated rings.